The van der Waals surface area contributed by atoms with E-state index in [1.165, 1.54) is 0 Å². The van der Waals surface area contributed by atoms with Gasteiger partial charge in [-0.15, -0.1) is 0 Å². The minimum atomic E-state index is -0.0516. The zero-order chi connectivity index (χ0) is 10.6. The Kier molecular flexibility index (Phi) is 3.46. The molecule has 0 fully saturated rings. The Morgan fingerprint density at radius 2 is 1.64 bits per heavy atom. The minimum Gasteiger partial charge on any atom is -0.326 e. The SMILES string of the molecule is CC(C)=C(C)NC(=O)c1ccccc1. The van der Waals surface area contributed by atoms with E-state index in [-0.39, 0.29) is 5.91 Å². The first-order chi connectivity index (χ1) is 6.61. The van der Waals surface area contributed by atoms with Gasteiger partial charge in [0.05, 0.1) is 0 Å². The molecule has 2 heteroatoms. The largest absolute Gasteiger partial charge is 0.326 e. The molecule has 14 heavy (non-hydrogen) atoms. The molecule has 0 atom stereocenters. The third-order valence-electron chi connectivity index (χ3n) is 2.09. The number of carbonyl (C=O) groups is 1. The van der Waals surface area contributed by atoms with E-state index in [4.69, 9.17) is 0 Å². The van der Waals surface area contributed by atoms with E-state index in [0.717, 1.165) is 11.3 Å². The Labute approximate surface area is 84.6 Å². The number of benzene rings is 1. The molecule has 0 bridgehead atoms. The topological polar surface area (TPSA) is 29.1 Å². The van der Waals surface area contributed by atoms with Crippen molar-refractivity contribution >= 4 is 5.91 Å². The second-order valence-corrected chi connectivity index (χ2v) is 3.45. The highest BCUT2D eigenvalue weighted by molar-refractivity contribution is 5.95. The van der Waals surface area contributed by atoms with Crippen molar-refractivity contribution in [1.82, 2.24) is 5.32 Å². The summed E-state index contributed by atoms with van der Waals surface area (Å²) in [6.45, 7) is 5.84. The Hall–Kier alpha value is -1.57. The number of allylic oxidation sites excluding steroid dienone is 2. The fourth-order valence-corrected chi connectivity index (χ4v) is 0.957. The molecule has 0 saturated carbocycles. The summed E-state index contributed by atoms with van der Waals surface area (Å²) in [5, 5.41) is 2.84. The van der Waals surface area contributed by atoms with Gasteiger partial charge in [0.2, 0.25) is 0 Å². The molecule has 1 aromatic rings. The van der Waals surface area contributed by atoms with Gasteiger partial charge in [-0.2, -0.15) is 0 Å². The molecule has 0 aliphatic carbocycles. The van der Waals surface area contributed by atoms with Gasteiger partial charge in [0.1, 0.15) is 0 Å². The van der Waals surface area contributed by atoms with Crippen LogP contribution in [0.3, 0.4) is 0 Å². The maximum absolute atomic E-state index is 11.6. The molecule has 0 heterocycles. The highest BCUT2D eigenvalue weighted by Gasteiger charge is 2.04. The molecule has 0 aliphatic heterocycles. The normalized spacial score (nSPS) is 9.36. The lowest BCUT2D eigenvalue weighted by Gasteiger charge is -2.06. The Morgan fingerprint density at radius 1 is 1.07 bits per heavy atom. The monoisotopic (exact) mass is 189 g/mol. The Balaban J connectivity index is 2.75. The summed E-state index contributed by atoms with van der Waals surface area (Å²) in [4.78, 5) is 11.6. The first kappa shape index (κ1) is 10.5. The Bertz CT molecular complexity index is 348. The second-order valence-electron chi connectivity index (χ2n) is 3.45. The van der Waals surface area contributed by atoms with Crippen molar-refractivity contribution in [1.29, 1.82) is 0 Å². The van der Waals surface area contributed by atoms with Gasteiger partial charge in [-0.1, -0.05) is 23.8 Å². The maximum atomic E-state index is 11.6. The van der Waals surface area contributed by atoms with Crippen LogP contribution in [0.25, 0.3) is 0 Å². The highest BCUT2D eigenvalue weighted by Crippen LogP contribution is 2.02. The van der Waals surface area contributed by atoms with Gasteiger partial charge in [0.15, 0.2) is 0 Å². The van der Waals surface area contributed by atoms with E-state index in [1.54, 1.807) is 12.1 Å². The predicted molar refractivity (Wildman–Crippen MR) is 58.0 cm³/mol. The number of carbonyl (C=O) groups excluding carboxylic acids is 1. The lowest BCUT2D eigenvalue weighted by Crippen LogP contribution is -2.21. The molecule has 74 valence electrons. The summed E-state index contributed by atoms with van der Waals surface area (Å²) >= 11 is 0. The zero-order valence-corrected chi connectivity index (χ0v) is 8.79. The highest BCUT2D eigenvalue weighted by atomic mass is 16.1. The van der Waals surface area contributed by atoms with Crippen molar-refractivity contribution in [3.05, 3.63) is 47.2 Å². The molecule has 1 rings (SSSR count). The fraction of sp³-hybridized carbons (Fsp3) is 0.250. The quantitative estimate of drug-likeness (QED) is 0.761. The third kappa shape index (κ3) is 2.73. The molecule has 0 aromatic heterocycles. The summed E-state index contributed by atoms with van der Waals surface area (Å²) < 4.78 is 0. The predicted octanol–water partition coefficient (Wildman–Crippen LogP) is 2.73. The van der Waals surface area contributed by atoms with E-state index in [2.05, 4.69) is 5.32 Å². The zero-order valence-electron chi connectivity index (χ0n) is 8.79. The lowest BCUT2D eigenvalue weighted by molar-refractivity contribution is 0.0965. The summed E-state index contributed by atoms with van der Waals surface area (Å²) in [5.41, 5.74) is 2.72. The first-order valence-electron chi connectivity index (χ1n) is 4.61. The van der Waals surface area contributed by atoms with Gasteiger partial charge >= 0.3 is 0 Å². The van der Waals surface area contributed by atoms with Gasteiger partial charge in [-0.05, 0) is 32.9 Å². The number of nitrogens with one attached hydrogen (secondary N) is 1. The molecule has 0 radical (unpaired) electrons. The van der Waals surface area contributed by atoms with Crippen LogP contribution < -0.4 is 5.32 Å². The molecular formula is C12H15NO. The molecule has 0 spiro atoms. The molecule has 0 saturated heterocycles. The Morgan fingerprint density at radius 3 is 2.14 bits per heavy atom. The minimum absolute atomic E-state index is 0.0516. The summed E-state index contributed by atoms with van der Waals surface area (Å²) in [6, 6.07) is 9.20. The molecule has 0 aliphatic rings. The van der Waals surface area contributed by atoms with Crippen molar-refractivity contribution in [2.24, 2.45) is 0 Å². The second kappa shape index (κ2) is 4.61. The van der Waals surface area contributed by atoms with Gasteiger partial charge < -0.3 is 5.32 Å². The van der Waals surface area contributed by atoms with Crippen molar-refractivity contribution < 1.29 is 4.79 Å². The lowest BCUT2D eigenvalue weighted by atomic mass is 10.2. The number of amides is 1. The van der Waals surface area contributed by atoms with Gasteiger partial charge in [0, 0.05) is 11.3 Å². The smallest absolute Gasteiger partial charge is 0.255 e. The van der Waals surface area contributed by atoms with Crippen LogP contribution in [0.15, 0.2) is 41.6 Å². The molecule has 0 unspecified atom stereocenters. The molecule has 1 aromatic carbocycles. The van der Waals surface area contributed by atoms with Crippen LogP contribution in [0, 0.1) is 0 Å². The van der Waals surface area contributed by atoms with Gasteiger partial charge in [0.25, 0.3) is 5.91 Å². The van der Waals surface area contributed by atoms with Crippen LogP contribution in [0.1, 0.15) is 31.1 Å². The number of rotatable bonds is 2. The average molecular weight is 189 g/mol. The van der Waals surface area contributed by atoms with Crippen molar-refractivity contribution in [2.75, 3.05) is 0 Å². The fourth-order valence-electron chi connectivity index (χ4n) is 0.957. The van der Waals surface area contributed by atoms with Crippen LogP contribution in [0.4, 0.5) is 0 Å². The summed E-state index contributed by atoms with van der Waals surface area (Å²) in [7, 11) is 0. The average Bonchev–Trinajstić information content (AvgIpc) is 2.19. The number of hydrogen-bond acceptors (Lipinski definition) is 1. The van der Waals surface area contributed by atoms with Crippen LogP contribution >= 0.6 is 0 Å². The molecule has 2 nitrogen and oxygen atoms in total. The van der Waals surface area contributed by atoms with E-state index in [0.29, 0.717) is 5.56 Å². The van der Waals surface area contributed by atoms with E-state index in [1.807, 2.05) is 39.0 Å². The first-order valence-corrected chi connectivity index (χ1v) is 4.61. The summed E-state index contributed by atoms with van der Waals surface area (Å²) in [5.74, 6) is -0.0516. The van der Waals surface area contributed by atoms with E-state index >= 15 is 0 Å². The van der Waals surface area contributed by atoms with Crippen molar-refractivity contribution in [2.45, 2.75) is 20.8 Å². The van der Waals surface area contributed by atoms with Gasteiger partial charge in [-0.3, -0.25) is 4.79 Å². The standard InChI is InChI=1S/C12H15NO/c1-9(2)10(3)13-12(14)11-7-5-4-6-8-11/h4-8H,1-3H3,(H,13,14). The van der Waals surface area contributed by atoms with Crippen molar-refractivity contribution in [3.63, 3.8) is 0 Å². The third-order valence-corrected chi connectivity index (χ3v) is 2.09. The number of hydrogen-bond donors (Lipinski definition) is 1. The molecule has 1 amide bonds. The molecule has 1 N–H and O–H groups in total. The van der Waals surface area contributed by atoms with Crippen LogP contribution in [0.5, 0.6) is 0 Å². The van der Waals surface area contributed by atoms with Crippen LogP contribution in [0.2, 0.25) is 0 Å². The van der Waals surface area contributed by atoms with E-state index < -0.39 is 0 Å². The van der Waals surface area contributed by atoms with Crippen LogP contribution in [-0.4, -0.2) is 5.91 Å². The molecular weight excluding hydrogens is 174 g/mol. The van der Waals surface area contributed by atoms with Crippen LogP contribution in [-0.2, 0) is 0 Å². The summed E-state index contributed by atoms with van der Waals surface area (Å²) in [6.07, 6.45) is 0. The maximum Gasteiger partial charge on any atom is 0.255 e. The van der Waals surface area contributed by atoms with E-state index in [9.17, 15) is 4.79 Å². The van der Waals surface area contributed by atoms with Gasteiger partial charge in [-0.25, -0.2) is 0 Å². The van der Waals surface area contributed by atoms with Crippen molar-refractivity contribution in [3.8, 4) is 0 Å².